The summed E-state index contributed by atoms with van der Waals surface area (Å²) in [5.41, 5.74) is 0.610. The number of hydrogen-bond acceptors (Lipinski definition) is 3. The third-order valence-electron chi connectivity index (χ3n) is 3.71. The fourth-order valence-electron chi connectivity index (χ4n) is 2.92. The molecule has 3 heteroatoms. The molecule has 0 radical (unpaired) electrons. The van der Waals surface area contributed by atoms with Crippen LogP contribution in [0, 0.1) is 11.8 Å². The topological polar surface area (TPSA) is 49.7 Å². The Morgan fingerprint density at radius 2 is 1.11 bits per heavy atom. The molecule has 0 saturated heterocycles. The molecule has 0 aromatic heterocycles. The van der Waals surface area contributed by atoms with Gasteiger partial charge in [-0.05, 0) is 50.4 Å². The van der Waals surface area contributed by atoms with Crippen LogP contribution in [-0.2, 0) is 4.74 Å². The molecular weight excluding hydrogens is 240 g/mol. The Balaban J connectivity index is 0.000000399. The predicted molar refractivity (Wildman–Crippen MR) is 78.1 cm³/mol. The first kappa shape index (κ1) is 16.9. The van der Waals surface area contributed by atoms with Crippen LogP contribution in [0.5, 0.6) is 0 Å². The molecule has 2 N–H and O–H groups in total. The zero-order valence-electron chi connectivity index (χ0n) is 13.1. The van der Waals surface area contributed by atoms with Crippen LogP contribution in [0.15, 0.2) is 0 Å². The highest BCUT2D eigenvalue weighted by atomic mass is 16.5. The minimum Gasteiger partial charge on any atom is -0.394 e. The van der Waals surface area contributed by atoms with Gasteiger partial charge >= 0.3 is 0 Å². The van der Waals surface area contributed by atoms with Crippen LogP contribution in [0.3, 0.4) is 0 Å². The highest BCUT2D eigenvalue weighted by Gasteiger charge is 2.55. The maximum atomic E-state index is 7.62. The molecule has 19 heavy (non-hydrogen) atoms. The summed E-state index contributed by atoms with van der Waals surface area (Å²) in [6.45, 7) is 8.99. The molecule has 2 aliphatic rings. The second-order valence-electron chi connectivity index (χ2n) is 7.11. The van der Waals surface area contributed by atoms with Gasteiger partial charge in [0.2, 0.25) is 0 Å². The molecular formula is C16H32O3. The molecule has 0 atom stereocenters. The van der Waals surface area contributed by atoms with Crippen molar-refractivity contribution in [2.75, 3.05) is 13.2 Å². The Kier molecular flexibility index (Phi) is 6.28. The molecule has 3 nitrogen and oxygen atoms in total. The fraction of sp³-hybridized carbons (Fsp3) is 1.00. The second-order valence-corrected chi connectivity index (χ2v) is 7.11. The van der Waals surface area contributed by atoms with E-state index in [2.05, 4.69) is 27.7 Å². The molecule has 2 fully saturated rings. The number of aliphatic hydroxyl groups is 2. The molecule has 2 aliphatic carbocycles. The molecule has 0 aromatic carbocycles. The SMILES string of the molecule is CC(C)CC1(OC2(CC(C)C)CC2)CC1.OCCO. The third kappa shape index (κ3) is 6.24. The highest BCUT2D eigenvalue weighted by molar-refractivity contribution is 5.05. The largest absolute Gasteiger partial charge is 0.394 e. The lowest BCUT2D eigenvalue weighted by Gasteiger charge is -2.27. The third-order valence-corrected chi connectivity index (χ3v) is 3.71. The summed E-state index contributed by atoms with van der Waals surface area (Å²) >= 11 is 0. The zero-order valence-corrected chi connectivity index (χ0v) is 13.1. The van der Waals surface area contributed by atoms with Gasteiger partial charge in [0, 0.05) is 0 Å². The maximum Gasteiger partial charge on any atom is 0.0694 e. The normalized spacial score (nSPS) is 22.1. The smallest absolute Gasteiger partial charge is 0.0694 e. The standard InChI is InChI=1S/C14H26O.C2H6O2/c1-11(2)9-13(5-6-13)15-14(7-8-14)10-12(3)4;3-1-2-4/h11-12H,5-10H2,1-4H3;3-4H,1-2H2. The molecule has 2 rings (SSSR count). The summed E-state index contributed by atoms with van der Waals surface area (Å²) < 4.78 is 6.47. The van der Waals surface area contributed by atoms with E-state index in [0.29, 0.717) is 11.2 Å². The maximum absolute atomic E-state index is 7.62. The van der Waals surface area contributed by atoms with Gasteiger partial charge in [0.1, 0.15) is 0 Å². The number of aliphatic hydroxyl groups excluding tert-OH is 2. The van der Waals surface area contributed by atoms with Crippen LogP contribution < -0.4 is 0 Å². The summed E-state index contributed by atoms with van der Waals surface area (Å²) in [4.78, 5) is 0. The van der Waals surface area contributed by atoms with E-state index in [9.17, 15) is 0 Å². The van der Waals surface area contributed by atoms with Crippen molar-refractivity contribution in [2.45, 2.75) is 77.4 Å². The minimum atomic E-state index is -0.125. The van der Waals surface area contributed by atoms with Crippen LogP contribution in [0.1, 0.15) is 66.2 Å². The lowest BCUT2D eigenvalue weighted by atomic mass is 10.0. The summed E-state index contributed by atoms with van der Waals surface area (Å²) in [7, 11) is 0. The van der Waals surface area contributed by atoms with Gasteiger partial charge in [-0.3, -0.25) is 0 Å². The summed E-state index contributed by atoms with van der Waals surface area (Å²) in [6, 6.07) is 0. The van der Waals surface area contributed by atoms with Crippen molar-refractivity contribution in [3.05, 3.63) is 0 Å². The molecule has 0 bridgehead atoms. The average Bonchev–Trinajstić information content (AvgIpc) is 3.19. The summed E-state index contributed by atoms with van der Waals surface area (Å²) in [5, 5.41) is 15.2. The molecule has 0 aromatic rings. The number of rotatable bonds is 7. The van der Waals surface area contributed by atoms with E-state index < -0.39 is 0 Å². The monoisotopic (exact) mass is 272 g/mol. The van der Waals surface area contributed by atoms with Crippen molar-refractivity contribution < 1.29 is 14.9 Å². The quantitative estimate of drug-likeness (QED) is 0.748. The van der Waals surface area contributed by atoms with Gasteiger partial charge in [-0.1, -0.05) is 27.7 Å². The second kappa shape index (κ2) is 7.05. The van der Waals surface area contributed by atoms with Gasteiger partial charge in [0.05, 0.1) is 24.4 Å². The van der Waals surface area contributed by atoms with Crippen molar-refractivity contribution in [1.29, 1.82) is 0 Å². The highest BCUT2D eigenvalue weighted by Crippen LogP contribution is 2.55. The minimum absolute atomic E-state index is 0.125. The van der Waals surface area contributed by atoms with Crippen LogP contribution >= 0.6 is 0 Å². The molecule has 0 heterocycles. The lowest BCUT2D eigenvalue weighted by Crippen LogP contribution is -2.27. The first-order valence-electron chi connectivity index (χ1n) is 7.79. The zero-order chi connectivity index (χ0) is 14.5. The van der Waals surface area contributed by atoms with Crippen molar-refractivity contribution in [2.24, 2.45) is 11.8 Å². The Labute approximate surface area is 118 Å². The van der Waals surface area contributed by atoms with E-state index in [1.165, 1.54) is 38.5 Å². The van der Waals surface area contributed by atoms with Crippen LogP contribution in [0.2, 0.25) is 0 Å². The Bertz CT molecular complexity index is 227. The van der Waals surface area contributed by atoms with E-state index in [1.54, 1.807) is 0 Å². The van der Waals surface area contributed by atoms with E-state index >= 15 is 0 Å². The average molecular weight is 272 g/mol. The van der Waals surface area contributed by atoms with Crippen molar-refractivity contribution in [1.82, 2.24) is 0 Å². The first-order valence-corrected chi connectivity index (χ1v) is 7.79. The summed E-state index contributed by atoms with van der Waals surface area (Å²) in [5.74, 6) is 1.56. The van der Waals surface area contributed by atoms with Gasteiger partial charge in [-0.25, -0.2) is 0 Å². The summed E-state index contributed by atoms with van der Waals surface area (Å²) in [6.07, 6.45) is 7.78. The Morgan fingerprint density at radius 1 is 0.789 bits per heavy atom. The Morgan fingerprint density at radius 3 is 1.26 bits per heavy atom. The van der Waals surface area contributed by atoms with E-state index in [0.717, 1.165) is 11.8 Å². The van der Waals surface area contributed by atoms with Crippen LogP contribution in [-0.4, -0.2) is 34.6 Å². The molecule has 0 amide bonds. The van der Waals surface area contributed by atoms with E-state index in [1.807, 2.05) is 0 Å². The van der Waals surface area contributed by atoms with Gasteiger partial charge in [-0.2, -0.15) is 0 Å². The molecule has 114 valence electrons. The molecule has 0 aliphatic heterocycles. The Hall–Kier alpha value is -0.120. The van der Waals surface area contributed by atoms with Gasteiger partial charge in [0.15, 0.2) is 0 Å². The van der Waals surface area contributed by atoms with Crippen molar-refractivity contribution >= 4 is 0 Å². The number of ether oxygens (including phenoxy) is 1. The number of hydrogen-bond donors (Lipinski definition) is 2. The van der Waals surface area contributed by atoms with Gasteiger partial charge < -0.3 is 14.9 Å². The van der Waals surface area contributed by atoms with Gasteiger partial charge in [0.25, 0.3) is 0 Å². The first-order chi connectivity index (χ1) is 8.87. The fourth-order valence-corrected chi connectivity index (χ4v) is 2.92. The lowest BCUT2D eigenvalue weighted by molar-refractivity contribution is -0.0659. The van der Waals surface area contributed by atoms with Gasteiger partial charge in [-0.15, -0.1) is 0 Å². The predicted octanol–water partition coefficient (Wildman–Crippen LogP) is 3.13. The van der Waals surface area contributed by atoms with Crippen LogP contribution in [0.4, 0.5) is 0 Å². The van der Waals surface area contributed by atoms with Crippen LogP contribution in [0.25, 0.3) is 0 Å². The molecule has 0 unspecified atom stereocenters. The molecule has 2 saturated carbocycles. The van der Waals surface area contributed by atoms with E-state index in [4.69, 9.17) is 14.9 Å². The van der Waals surface area contributed by atoms with E-state index in [-0.39, 0.29) is 13.2 Å². The van der Waals surface area contributed by atoms with Crippen molar-refractivity contribution in [3.8, 4) is 0 Å². The molecule has 0 spiro atoms. The van der Waals surface area contributed by atoms with Crippen molar-refractivity contribution in [3.63, 3.8) is 0 Å².